The van der Waals surface area contributed by atoms with E-state index in [2.05, 4.69) is 5.43 Å². The quantitative estimate of drug-likeness (QED) is 0.667. The van der Waals surface area contributed by atoms with Crippen LogP contribution in [0.5, 0.6) is 0 Å². The molecule has 0 radical (unpaired) electrons. The summed E-state index contributed by atoms with van der Waals surface area (Å²) in [7, 11) is 0. The van der Waals surface area contributed by atoms with Crippen molar-refractivity contribution >= 4 is 0 Å². The van der Waals surface area contributed by atoms with Gasteiger partial charge in [0.2, 0.25) is 0 Å². The lowest BCUT2D eigenvalue weighted by Crippen LogP contribution is -2.30. The first kappa shape index (κ1) is 14.6. The molecule has 2 aromatic rings. The van der Waals surface area contributed by atoms with Crippen LogP contribution in [0.25, 0.3) is 0 Å². The number of nitrogens with two attached hydrogens (primary N) is 1. The Morgan fingerprint density at radius 2 is 1.70 bits per heavy atom. The van der Waals surface area contributed by atoms with Crippen molar-refractivity contribution in [1.82, 2.24) is 5.43 Å². The van der Waals surface area contributed by atoms with Crippen molar-refractivity contribution in [3.8, 4) is 0 Å². The van der Waals surface area contributed by atoms with Crippen molar-refractivity contribution in [2.75, 3.05) is 0 Å². The molecule has 0 spiro atoms. The van der Waals surface area contributed by atoms with E-state index >= 15 is 0 Å². The minimum absolute atomic E-state index is 0.186. The van der Waals surface area contributed by atoms with E-state index in [0.29, 0.717) is 11.1 Å². The van der Waals surface area contributed by atoms with Gasteiger partial charge in [-0.05, 0) is 42.7 Å². The highest BCUT2D eigenvalue weighted by molar-refractivity contribution is 5.28. The molecule has 0 bridgehead atoms. The summed E-state index contributed by atoms with van der Waals surface area (Å²) in [6, 6.07) is 7.42. The standard InChI is InChI=1S/C15H15F3N2/c1-9-2-3-13(14(18)4-9)15(20-19)7-10-5-11(16)8-12(17)6-10/h2-6,8,15,20H,7,19H2,1H3. The summed E-state index contributed by atoms with van der Waals surface area (Å²) in [4.78, 5) is 0. The van der Waals surface area contributed by atoms with Gasteiger partial charge in [0.15, 0.2) is 0 Å². The molecule has 0 aliphatic carbocycles. The highest BCUT2D eigenvalue weighted by Crippen LogP contribution is 2.22. The highest BCUT2D eigenvalue weighted by atomic mass is 19.1. The summed E-state index contributed by atoms with van der Waals surface area (Å²) in [5.41, 5.74) is 4.04. The van der Waals surface area contributed by atoms with E-state index in [1.165, 1.54) is 18.2 Å². The van der Waals surface area contributed by atoms with E-state index in [1.54, 1.807) is 19.1 Å². The lowest BCUT2D eigenvalue weighted by Gasteiger charge is -2.17. The minimum atomic E-state index is -0.667. The molecule has 2 nitrogen and oxygen atoms in total. The monoisotopic (exact) mass is 280 g/mol. The Bertz CT molecular complexity index is 594. The maximum atomic E-state index is 13.9. The van der Waals surface area contributed by atoms with Crippen LogP contribution in [0.15, 0.2) is 36.4 Å². The first-order chi connectivity index (χ1) is 9.49. The predicted molar refractivity (Wildman–Crippen MR) is 71.3 cm³/mol. The van der Waals surface area contributed by atoms with Crippen LogP contribution in [-0.2, 0) is 6.42 Å². The largest absolute Gasteiger partial charge is 0.271 e. The van der Waals surface area contributed by atoms with E-state index in [4.69, 9.17) is 5.84 Å². The first-order valence-electron chi connectivity index (χ1n) is 6.16. The van der Waals surface area contributed by atoms with Gasteiger partial charge in [-0.3, -0.25) is 11.3 Å². The number of benzene rings is 2. The number of aryl methyl sites for hydroxylation is 1. The molecule has 1 atom stereocenters. The lowest BCUT2D eigenvalue weighted by atomic mass is 9.98. The predicted octanol–water partition coefficient (Wildman–Crippen LogP) is 3.16. The number of hydrogen-bond acceptors (Lipinski definition) is 2. The van der Waals surface area contributed by atoms with Gasteiger partial charge in [-0.1, -0.05) is 12.1 Å². The molecule has 2 aromatic carbocycles. The third kappa shape index (κ3) is 3.37. The van der Waals surface area contributed by atoms with Gasteiger partial charge in [0.25, 0.3) is 0 Å². The van der Waals surface area contributed by atoms with E-state index in [1.807, 2.05) is 0 Å². The fraction of sp³-hybridized carbons (Fsp3) is 0.200. The highest BCUT2D eigenvalue weighted by Gasteiger charge is 2.16. The van der Waals surface area contributed by atoms with Gasteiger partial charge in [-0.15, -0.1) is 0 Å². The number of halogens is 3. The van der Waals surface area contributed by atoms with Gasteiger partial charge in [0, 0.05) is 11.6 Å². The van der Waals surface area contributed by atoms with Crippen molar-refractivity contribution in [2.45, 2.75) is 19.4 Å². The SMILES string of the molecule is Cc1ccc(C(Cc2cc(F)cc(F)c2)NN)c(F)c1. The van der Waals surface area contributed by atoms with Crippen LogP contribution in [0.4, 0.5) is 13.2 Å². The molecule has 0 amide bonds. The molecule has 0 aliphatic rings. The zero-order valence-electron chi connectivity index (χ0n) is 11.0. The van der Waals surface area contributed by atoms with Gasteiger partial charge < -0.3 is 0 Å². The second-order valence-electron chi connectivity index (χ2n) is 4.73. The summed E-state index contributed by atoms with van der Waals surface area (Å²) in [5, 5.41) is 0. The van der Waals surface area contributed by atoms with Gasteiger partial charge in [0.1, 0.15) is 17.5 Å². The van der Waals surface area contributed by atoms with Crippen LogP contribution in [0.1, 0.15) is 22.7 Å². The fourth-order valence-electron chi connectivity index (χ4n) is 2.14. The average molecular weight is 280 g/mol. The van der Waals surface area contributed by atoms with Crippen LogP contribution in [-0.4, -0.2) is 0 Å². The molecule has 3 N–H and O–H groups in total. The van der Waals surface area contributed by atoms with Crippen molar-refractivity contribution < 1.29 is 13.2 Å². The van der Waals surface area contributed by atoms with Gasteiger partial charge in [0.05, 0.1) is 6.04 Å². The summed E-state index contributed by atoms with van der Waals surface area (Å²) < 4.78 is 40.2. The van der Waals surface area contributed by atoms with Crippen molar-refractivity contribution in [2.24, 2.45) is 5.84 Å². The maximum absolute atomic E-state index is 13.9. The van der Waals surface area contributed by atoms with Crippen molar-refractivity contribution in [3.05, 3.63) is 70.5 Å². The van der Waals surface area contributed by atoms with Crippen LogP contribution in [0.3, 0.4) is 0 Å². The third-order valence-electron chi connectivity index (χ3n) is 3.09. The summed E-state index contributed by atoms with van der Waals surface area (Å²) in [5.74, 6) is 3.70. The van der Waals surface area contributed by atoms with Gasteiger partial charge in [-0.2, -0.15) is 0 Å². The normalized spacial score (nSPS) is 12.4. The van der Waals surface area contributed by atoms with Crippen LogP contribution in [0, 0.1) is 24.4 Å². The molecule has 106 valence electrons. The summed E-state index contributed by atoms with van der Waals surface area (Å²) in [6.45, 7) is 1.78. The van der Waals surface area contributed by atoms with Crippen molar-refractivity contribution in [1.29, 1.82) is 0 Å². The Morgan fingerprint density at radius 3 is 2.25 bits per heavy atom. The van der Waals surface area contributed by atoms with Crippen LogP contribution < -0.4 is 11.3 Å². The smallest absolute Gasteiger partial charge is 0.128 e. The van der Waals surface area contributed by atoms with E-state index in [9.17, 15) is 13.2 Å². The zero-order chi connectivity index (χ0) is 14.7. The molecule has 0 aliphatic heterocycles. The Hall–Kier alpha value is -1.85. The molecule has 0 saturated carbocycles. The summed E-state index contributed by atoms with van der Waals surface area (Å²) >= 11 is 0. The number of rotatable bonds is 4. The van der Waals surface area contributed by atoms with Crippen LogP contribution >= 0.6 is 0 Å². The van der Waals surface area contributed by atoms with E-state index in [-0.39, 0.29) is 6.42 Å². The fourth-order valence-corrected chi connectivity index (χ4v) is 2.14. The molecule has 20 heavy (non-hydrogen) atoms. The summed E-state index contributed by atoms with van der Waals surface area (Å²) in [6.07, 6.45) is 0.186. The molecule has 0 aromatic heterocycles. The van der Waals surface area contributed by atoms with Crippen LogP contribution in [0.2, 0.25) is 0 Å². The minimum Gasteiger partial charge on any atom is -0.271 e. The topological polar surface area (TPSA) is 38.0 Å². The van der Waals surface area contributed by atoms with Gasteiger partial charge >= 0.3 is 0 Å². The van der Waals surface area contributed by atoms with Gasteiger partial charge in [-0.25, -0.2) is 13.2 Å². The zero-order valence-corrected chi connectivity index (χ0v) is 11.0. The molecule has 1 unspecified atom stereocenters. The molecule has 0 fully saturated rings. The Morgan fingerprint density at radius 1 is 1.05 bits per heavy atom. The molecular formula is C15H15F3N2. The van der Waals surface area contributed by atoms with E-state index < -0.39 is 23.5 Å². The average Bonchev–Trinajstić information content (AvgIpc) is 2.35. The molecule has 0 heterocycles. The number of nitrogens with one attached hydrogen (secondary N) is 1. The lowest BCUT2D eigenvalue weighted by molar-refractivity contribution is 0.506. The molecular weight excluding hydrogens is 265 g/mol. The molecule has 5 heteroatoms. The number of hydrazine groups is 1. The first-order valence-corrected chi connectivity index (χ1v) is 6.16. The third-order valence-corrected chi connectivity index (χ3v) is 3.09. The Labute approximate surface area is 115 Å². The molecule has 0 saturated heterocycles. The maximum Gasteiger partial charge on any atom is 0.128 e. The Balaban J connectivity index is 2.28. The molecule has 2 rings (SSSR count). The second kappa shape index (κ2) is 6.07. The van der Waals surface area contributed by atoms with E-state index in [0.717, 1.165) is 11.6 Å². The van der Waals surface area contributed by atoms with Crippen molar-refractivity contribution in [3.63, 3.8) is 0 Å². The Kier molecular flexibility index (Phi) is 4.42. The number of hydrogen-bond donors (Lipinski definition) is 2. The second-order valence-corrected chi connectivity index (χ2v) is 4.73.